The van der Waals surface area contributed by atoms with Crippen molar-refractivity contribution in [2.24, 2.45) is 0 Å². The minimum atomic E-state index is -1.82. The van der Waals surface area contributed by atoms with E-state index in [4.69, 9.17) is 24.5 Å². The zero-order valence-corrected chi connectivity index (χ0v) is 19.3. The first-order valence-electron chi connectivity index (χ1n) is 11.0. The Morgan fingerprint density at radius 3 is 1.91 bits per heavy atom. The fourth-order valence-electron chi connectivity index (χ4n) is 3.98. The van der Waals surface area contributed by atoms with Crippen molar-refractivity contribution in [1.82, 2.24) is 9.80 Å². The van der Waals surface area contributed by atoms with Crippen LogP contribution < -0.4 is 4.74 Å². The van der Waals surface area contributed by atoms with Crippen LogP contribution in [0.5, 0.6) is 5.75 Å². The number of hydrogen-bond donors (Lipinski definition) is 2. The van der Waals surface area contributed by atoms with E-state index in [0.717, 1.165) is 56.0 Å². The SMILES string of the molecule is COc1ccc(CN2CCN(Cc3ccc([N+](=O)[O-])cc3)CC2)c2ccccc12.O=C(O)C(=O)O. The number of benzene rings is 3. The highest BCUT2D eigenvalue weighted by atomic mass is 16.6. The Bertz CT molecular complexity index is 1180. The number of nitro groups is 1. The van der Waals surface area contributed by atoms with Crippen molar-refractivity contribution in [1.29, 1.82) is 0 Å². The third kappa shape index (κ3) is 6.98. The topological polar surface area (TPSA) is 133 Å². The molecule has 10 nitrogen and oxygen atoms in total. The molecule has 1 aliphatic heterocycles. The molecule has 1 fully saturated rings. The van der Waals surface area contributed by atoms with Crippen LogP contribution >= 0.6 is 0 Å². The smallest absolute Gasteiger partial charge is 0.414 e. The van der Waals surface area contributed by atoms with Gasteiger partial charge in [0.05, 0.1) is 12.0 Å². The standard InChI is InChI=1S/C23H25N3O3.C2H2O4/c1-29-23-11-8-19(21-4-2-3-5-22(21)23)17-25-14-12-24(13-15-25)16-18-6-9-20(10-7-18)26(27)28;3-1(4)2(5)6/h2-11H,12-17H2,1H3;(H,3,4)(H,5,6). The van der Waals surface area contributed by atoms with Gasteiger partial charge in [0.15, 0.2) is 0 Å². The summed E-state index contributed by atoms with van der Waals surface area (Å²) in [5, 5.41) is 28.0. The second kappa shape index (κ2) is 11.9. The number of carboxylic acids is 2. The Morgan fingerprint density at radius 1 is 0.857 bits per heavy atom. The lowest BCUT2D eigenvalue weighted by molar-refractivity contribution is -0.384. The molecule has 0 unspecified atom stereocenters. The molecule has 2 N–H and O–H groups in total. The number of carbonyl (C=O) groups is 2. The molecule has 184 valence electrons. The van der Waals surface area contributed by atoms with E-state index in [9.17, 15) is 10.1 Å². The van der Waals surface area contributed by atoms with Gasteiger partial charge in [-0.1, -0.05) is 42.5 Å². The molecule has 0 aliphatic carbocycles. The van der Waals surface area contributed by atoms with Gasteiger partial charge in [0.2, 0.25) is 0 Å². The molecule has 0 saturated carbocycles. The Labute approximate surface area is 202 Å². The minimum Gasteiger partial charge on any atom is -0.496 e. The summed E-state index contributed by atoms with van der Waals surface area (Å²) in [7, 11) is 1.71. The van der Waals surface area contributed by atoms with E-state index >= 15 is 0 Å². The van der Waals surface area contributed by atoms with Crippen molar-refractivity contribution >= 4 is 28.4 Å². The molecule has 0 atom stereocenters. The van der Waals surface area contributed by atoms with E-state index in [1.165, 1.54) is 10.9 Å². The van der Waals surface area contributed by atoms with Crippen LogP contribution in [0.25, 0.3) is 10.8 Å². The zero-order chi connectivity index (χ0) is 25.4. The number of aliphatic carboxylic acids is 2. The summed E-state index contributed by atoms with van der Waals surface area (Å²) in [6, 6.07) is 19.5. The number of nitro benzene ring substituents is 1. The number of nitrogens with zero attached hydrogens (tertiary/aromatic N) is 3. The minimum absolute atomic E-state index is 0.144. The van der Waals surface area contributed by atoms with E-state index in [2.05, 4.69) is 40.1 Å². The first kappa shape index (κ1) is 25.6. The van der Waals surface area contributed by atoms with Gasteiger partial charge in [-0.05, 0) is 22.6 Å². The second-order valence-corrected chi connectivity index (χ2v) is 8.06. The highest BCUT2D eigenvalue weighted by molar-refractivity contribution is 6.27. The number of fused-ring (bicyclic) bond motifs is 1. The molecule has 4 rings (SSSR count). The van der Waals surface area contributed by atoms with E-state index in [1.807, 2.05) is 18.2 Å². The Balaban J connectivity index is 0.000000509. The first-order chi connectivity index (χ1) is 16.8. The number of rotatable bonds is 6. The van der Waals surface area contributed by atoms with Crippen LogP contribution in [0, 0.1) is 10.1 Å². The molecular weight excluding hydrogens is 454 g/mol. The van der Waals surface area contributed by atoms with Gasteiger partial charge in [-0.25, -0.2) is 9.59 Å². The zero-order valence-electron chi connectivity index (χ0n) is 19.3. The van der Waals surface area contributed by atoms with Gasteiger partial charge in [0.1, 0.15) is 5.75 Å². The Morgan fingerprint density at radius 2 is 1.40 bits per heavy atom. The third-order valence-electron chi connectivity index (χ3n) is 5.79. The quantitative estimate of drug-likeness (QED) is 0.309. The maximum Gasteiger partial charge on any atom is 0.414 e. The van der Waals surface area contributed by atoms with Crippen LogP contribution in [0.4, 0.5) is 5.69 Å². The Hall–Kier alpha value is -4.02. The van der Waals surface area contributed by atoms with E-state index in [1.54, 1.807) is 19.2 Å². The van der Waals surface area contributed by atoms with Crippen molar-refractivity contribution in [3.63, 3.8) is 0 Å². The van der Waals surface area contributed by atoms with Gasteiger partial charge >= 0.3 is 11.9 Å². The van der Waals surface area contributed by atoms with Crippen molar-refractivity contribution < 1.29 is 29.5 Å². The Kier molecular flexibility index (Phi) is 8.71. The summed E-state index contributed by atoms with van der Waals surface area (Å²) in [5.74, 6) is -2.73. The molecule has 3 aromatic carbocycles. The van der Waals surface area contributed by atoms with Gasteiger partial charge in [-0.2, -0.15) is 0 Å². The van der Waals surface area contributed by atoms with E-state index in [-0.39, 0.29) is 10.6 Å². The number of carboxylic acid groups (broad SMARTS) is 2. The van der Waals surface area contributed by atoms with E-state index < -0.39 is 11.9 Å². The molecule has 0 spiro atoms. The summed E-state index contributed by atoms with van der Waals surface area (Å²) >= 11 is 0. The van der Waals surface area contributed by atoms with Gasteiger partial charge < -0.3 is 14.9 Å². The monoisotopic (exact) mass is 481 g/mol. The average molecular weight is 482 g/mol. The van der Waals surface area contributed by atoms with E-state index in [0.29, 0.717) is 0 Å². The molecule has 0 amide bonds. The van der Waals surface area contributed by atoms with Crippen LogP contribution in [0.2, 0.25) is 0 Å². The molecule has 1 saturated heterocycles. The summed E-state index contributed by atoms with van der Waals surface area (Å²) in [4.78, 5) is 33.5. The largest absolute Gasteiger partial charge is 0.496 e. The molecule has 3 aromatic rings. The maximum atomic E-state index is 10.8. The lowest BCUT2D eigenvalue weighted by Gasteiger charge is -2.35. The average Bonchev–Trinajstić information content (AvgIpc) is 2.86. The highest BCUT2D eigenvalue weighted by Crippen LogP contribution is 2.29. The molecular formula is C25H27N3O7. The molecule has 35 heavy (non-hydrogen) atoms. The number of methoxy groups -OCH3 is 1. The van der Waals surface area contributed by atoms with Crippen LogP contribution in [-0.2, 0) is 22.7 Å². The van der Waals surface area contributed by atoms with Crippen molar-refractivity contribution in [2.75, 3.05) is 33.3 Å². The van der Waals surface area contributed by atoms with Gasteiger partial charge in [-0.15, -0.1) is 0 Å². The lowest BCUT2D eigenvalue weighted by atomic mass is 10.0. The number of ether oxygens (including phenoxy) is 1. The van der Waals surface area contributed by atoms with Gasteiger partial charge in [-0.3, -0.25) is 19.9 Å². The molecule has 1 aliphatic rings. The van der Waals surface area contributed by atoms with Crippen LogP contribution in [0.1, 0.15) is 11.1 Å². The summed E-state index contributed by atoms with van der Waals surface area (Å²) < 4.78 is 5.51. The first-order valence-corrected chi connectivity index (χ1v) is 11.0. The fraction of sp³-hybridized carbons (Fsp3) is 0.280. The van der Waals surface area contributed by atoms with Crippen molar-refractivity contribution in [3.8, 4) is 5.75 Å². The molecule has 0 aromatic heterocycles. The van der Waals surface area contributed by atoms with Gasteiger partial charge in [0.25, 0.3) is 5.69 Å². The summed E-state index contributed by atoms with van der Waals surface area (Å²) in [6.07, 6.45) is 0. The van der Waals surface area contributed by atoms with Crippen molar-refractivity contribution in [2.45, 2.75) is 13.1 Å². The van der Waals surface area contributed by atoms with Gasteiger partial charge in [0, 0.05) is 56.8 Å². The number of piperazine rings is 1. The fourth-order valence-corrected chi connectivity index (χ4v) is 3.98. The van der Waals surface area contributed by atoms with Crippen LogP contribution in [-0.4, -0.2) is 70.2 Å². The molecule has 1 heterocycles. The maximum absolute atomic E-state index is 10.8. The third-order valence-corrected chi connectivity index (χ3v) is 5.79. The summed E-state index contributed by atoms with van der Waals surface area (Å²) in [6.45, 7) is 5.75. The normalized spacial score (nSPS) is 14.1. The van der Waals surface area contributed by atoms with Crippen LogP contribution in [0.15, 0.2) is 60.7 Å². The highest BCUT2D eigenvalue weighted by Gasteiger charge is 2.18. The molecule has 10 heteroatoms. The lowest BCUT2D eigenvalue weighted by Crippen LogP contribution is -2.45. The second-order valence-electron chi connectivity index (χ2n) is 8.06. The summed E-state index contributed by atoms with van der Waals surface area (Å²) in [5.41, 5.74) is 2.58. The van der Waals surface area contributed by atoms with Crippen molar-refractivity contribution in [3.05, 3.63) is 81.9 Å². The predicted octanol–water partition coefficient (Wildman–Crippen LogP) is 3.23. The van der Waals surface area contributed by atoms with Crippen LogP contribution in [0.3, 0.4) is 0 Å². The molecule has 0 radical (unpaired) electrons. The predicted molar refractivity (Wildman–Crippen MR) is 129 cm³/mol. The number of hydrogen-bond acceptors (Lipinski definition) is 7. The molecule has 0 bridgehead atoms. The number of non-ortho nitro benzene ring substituents is 1.